The zero-order chi connectivity index (χ0) is 12.4. The predicted molar refractivity (Wildman–Crippen MR) is 70.7 cm³/mol. The lowest BCUT2D eigenvalue weighted by molar-refractivity contribution is 0.208. The van der Waals surface area contributed by atoms with Crippen LogP contribution in [0.4, 0.5) is 11.6 Å². The summed E-state index contributed by atoms with van der Waals surface area (Å²) in [4.78, 5) is 10.9. The topological polar surface area (TPSA) is 61.3 Å². The molecule has 18 heavy (non-hydrogen) atoms. The minimum atomic E-state index is 0.273. The van der Waals surface area contributed by atoms with Crippen molar-refractivity contribution in [2.24, 2.45) is 5.92 Å². The Morgan fingerprint density at radius 3 is 3.00 bits per heavy atom. The lowest BCUT2D eigenvalue weighted by atomic mass is 9.99. The van der Waals surface area contributed by atoms with Gasteiger partial charge in [-0.05, 0) is 31.6 Å². The molecule has 0 amide bonds. The van der Waals surface area contributed by atoms with Crippen LogP contribution in [0.15, 0.2) is 12.4 Å². The number of nitrogens with one attached hydrogen (secondary N) is 1. The van der Waals surface area contributed by atoms with Crippen molar-refractivity contribution in [1.82, 2.24) is 9.97 Å². The molecule has 1 aromatic heterocycles. The van der Waals surface area contributed by atoms with E-state index in [2.05, 4.69) is 20.2 Å². The van der Waals surface area contributed by atoms with Crippen LogP contribution in [0, 0.1) is 5.92 Å². The van der Waals surface area contributed by atoms with E-state index >= 15 is 0 Å². The van der Waals surface area contributed by atoms with Gasteiger partial charge in [0.1, 0.15) is 18.0 Å². The highest BCUT2D eigenvalue weighted by atomic mass is 16.3. The lowest BCUT2D eigenvalue weighted by Crippen LogP contribution is -2.37. The number of rotatable bonds is 4. The third kappa shape index (κ3) is 2.72. The first-order valence-electron chi connectivity index (χ1n) is 6.79. The molecule has 0 bridgehead atoms. The summed E-state index contributed by atoms with van der Waals surface area (Å²) in [6, 6.07) is 2.64. The minimum absolute atomic E-state index is 0.273. The van der Waals surface area contributed by atoms with E-state index in [1.165, 1.54) is 12.8 Å². The van der Waals surface area contributed by atoms with Gasteiger partial charge < -0.3 is 15.3 Å². The molecule has 1 unspecified atom stereocenters. The average molecular weight is 248 g/mol. The van der Waals surface area contributed by atoms with E-state index in [1.807, 2.05) is 6.07 Å². The first-order chi connectivity index (χ1) is 8.85. The van der Waals surface area contributed by atoms with Gasteiger partial charge in [0.25, 0.3) is 0 Å². The molecule has 98 valence electrons. The molecule has 1 aliphatic heterocycles. The highest BCUT2D eigenvalue weighted by molar-refractivity contribution is 5.49. The van der Waals surface area contributed by atoms with Crippen LogP contribution in [0.5, 0.6) is 0 Å². The second kappa shape index (κ2) is 5.10. The number of aromatic nitrogens is 2. The number of hydrogen-bond donors (Lipinski definition) is 2. The number of anilines is 2. The molecule has 1 atom stereocenters. The molecule has 3 rings (SSSR count). The SMILES string of the molecule is OCC1CCCN(c2cc(NC3CC3)ncn2)C1. The van der Waals surface area contributed by atoms with Crippen molar-refractivity contribution in [2.45, 2.75) is 31.7 Å². The maximum atomic E-state index is 9.27. The van der Waals surface area contributed by atoms with E-state index in [4.69, 9.17) is 0 Å². The predicted octanol–water partition coefficient (Wildman–Crippen LogP) is 1.26. The summed E-state index contributed by atoms with van der Waals surface area (Å²) in [6.07, 6.45) is 6.36. The van der Waals surface area contributed by atoms with Gasteiger partial charge in [0.15, 0.2) is 0 Å². The fourth-order valence-corrected chi connectivity index (χ4v) is 2.46. The molecular formula is C13H20N4O. The molecule has 1 saturated carbocycles. The fourth-order valence-electron chi connectivity index (χ4n) is 2.46. The molecule has 1 aliphatic carbocycles. The maximum Gasteiger partial charge on any atom is 0.134 e. The Kier molecular flexibility index (Phi) is 3.32. The molecule has 0 spiro atoms. The summed E-state index contributed by atoms with van der Waals surface area (Å²) in [5.41, 5.74) is 0. The molecule has 2 aliphatic rings. The largest absolute Gasteiger partial charge is 0.396 e. The van der Waals surface area contributed by atoms with Crippen molar-refractivity contribution >= 4 is 11.6 Å². The second-order valence-corrected chi connectivity index (χ2v) is 5.32. The van der Waals surface area contributed by atoms with Gasteiger partial charge in [-0.15, -0.1) is 0 Å². The fraction of sp³-hybridized carbons (Fsp3) is 0.692. The van der Waals surface area contributed by atoms with Crippen molar-refractivity contribution < 1.29 is 5.11 Å². The number of aliphatic hydroxyl groups excluding tert-OH is 1. The zero-order valence-electron chi connectivity index (χ0n) is 10.5. The van der Waals surface area contributed by atoms with Crippen LogP contribution in [-0.4, -0.2) is 40.8 Å². The van der Waals surface area contributed by atoms with Crippen molar-refractivity contribution in [3.8, 4) is 0 Å². The first kappa shape index (κ1) is 11.7. The molecule has 0 aromatic carbocycles. The van der Waals surface area contributed by atoms with Gasteiger partial charge in [-0.2, -0.15) is 0 Å². The number of hydrogen-bond acceptors (Lipinski definition) is 5. The smallest absolute Gasteiger partial charge is 0.134 e. The van der Waals surface area contributed by atoms with Crippen LogP contribution in [-0.2, 0) is 0 Å². The van der Waals surface area contributed by atoms with Crippen LogP contribution in [0.2, 0.25) is 0 Å². The molecule has 2 fully saturated rings. The lowest BCUT2D eigenvalue weighted by Gasteiger charge is -2.32. The molecule has 5 nitrogen and oxygen atoms in total. The van der Waals surface area contributed by atoms with Crippen LogP contribution < -0.4 is 10.2 Å². The molecule has 1 aromatic rings. The third-order valence-electron chi connectivity index (χ3n) is 3.68. The Morgan fingerprint density at radius 2 is 2.22 bits per heavy atom. The summed E-state index contributed by atoms with van der Waals surface area (Å²) < 4.78 is 0. The summed E-state index contributed by atoms with van der Waals surface area (Å²) in [5.74, 6) is 2.29. The van der Waals surface area contributed by atoms with Crippen molar-refractivity contribution in [3.63, 3.8) is 0 Å². The first-order valence-corrected chi connectivity index (χ1v) is 6.79. The van der Waals surface area contributed by atoms with E-state index < -0.39 is 0 Å². The second-order valence-electron chi connectivity index (χ2n) is 5.32. The number of aliphatic hydroxyl groups is 1. The minimum Gasteiger partial charge on any atom is -0.396 e. The van der Waals surface area contributed by atoms with Crippen LogP contribution in [0.25, 0.3) is 0 Å². The summed E-state index contributed by atoms with van der Waals surface area (Å²) >= 11 is 0. The van der Waals surface area contributed by atoms with E-state index in [9.17, 15) is 5.11 Å². The van der Waals surface area contributed by atoms with E-state index in [0.717, 1.165) is 37.6 Å². The standard InChI is InChI=1S/C13H20N4O/c18-8-10-2-1-5-17(7-10)13-6-12(14-9-15-13)16-11-3-4-11/h6,9-11,18H,1-5,7-8H2,(H,14,15,16). The van der Waals surface area contributed by atoms with Crippen molar-refractivity contribution in [3.05, 3.63) is 12.4 Å². The molecular weight excluding hydrogens is 228 g/mol. The van der Waals surface area contributed by atoms with Crippen molar-refractivity contribution in [2.75, 3.05) is 29.9 Å². The van der Waals surface area contributed by atoms with Gasteiger partial charge in [-0.3, -0.25) is 0 Å². The Labute approximate surface area is 107 Å². The van der Waals surface area contributed by atoms with E-state index in [-0.39, 0.29) is 6.61 Å². The number of nitrogens with zero attached hydrogens (tertiary/aromatic N) is 3. The van der Waals surface area contributed by atoms with Gasteiger partial charge in [0, 0.05) is 31.8 Å². The maximum absolute atomic E-state index is 9.27. The third-order valence-corrected chi connectivity index (χ3v) is 3.68. The van der Waals surface area contributed by atoms with Gasteiger partial charge in [0.05, 0.1) is 0 Å². The van der Waals surface area contributed by atoms with Gasteiger partial charge in [0.2, 0.25) is 0 Å². The van der Waals surface area contributed by atoms with E-state index in [0.29, 0.717) is 12.0 Å². The number of piperidine rings is 1. The molecule has 0 radical (unpaired) electrons. The molecule has 5 heteroatoms. The van der Waals surface area contributed by atoms with E-state index in [1.54, 1.807) is 6.33 Å². The zero-order valence-corrected chi connectivity index (χ0v) is 10.5. The van der Waals surface area contributed by atoms with Gasteiger partial charge in [-0.25, -0.2) is 9.97 Å². The van der Waals surface area contributed by atoms with Crippen LogP contribution in [0.1, 0.15) is 25.7 Å². The highest BCUT2D eigenvalue weighted by Crippen LogP contribution is 2.26. The Hall–Kier alpha value is -1.36. The monoisotopic (exact) mass is 248 g/mol. The Balaban J connectivity index is 1.69. The van der Waals surface area contributed by atoms with Gasteiger partial charge >= 0.3 is 0 Å². The average Bonchev–Trinajstić information content (AvgIpc) is 3.23. The molecule has 2 heterocycles. The van der Waals surface area contributed by atoms with Gasteiger partial charge in [-0.1, -0.05) is 0 Å². The summed E-state index contributed by atoms with van der Waals surface area (Å²) in [5, 5.41) is 12.7. The Bertz CT molecular complexity index is 408. The summed E-state index contributed by atoms with van der Waals surface area (Å²) in [6.45, 7) is 2.20. The van der Waals surface area contributed by atoms with Crippen LogP contribution >= 0.6 is 0 Å². The molecule has 2 N–H and O–H groups in total. The van der Waals surface area contributed by atoms with Crippen molar-refractivity contribution in [1.29, 1.82) is 0 Å². The highest BCUT2D eigenvalue weighted by Gasteiger charge is 2.23. The summed E-state index contributed by atoms with van der Waals surface area (Å²) in [7, 11) is 0. The van der Waals surface area contributed by atoms with Crippen LogP contribution in [0.3, 0.4) is 0 Å². The Morgan fingerprint density at radius 1 is 1.33 bits per heavy atom. The quantitative estimate of drug-likeness (QED) is 0.840. The normalized spacial score (nSPS) is 24.1. The molecule has 1 saturated heterocycles.